The second kappa shape index (κ2) is 6.44. The average Bonchev–Trinajstić information content (AvgIpc) is 2.39. The molecule has 0 aromatic heterocycles. The van der Waals surface area contributed by atoms with Gasteiger partial charge in [0.05, 0.1) is 12.5 Å². The topological polar surface area (TPSA) is 23.5 Å². The Hall–Kier alpha value is -0.290. The molecule has 0 aromatic rings. The first-order chi connectivity index (χ1) is 9.00. The molecule has 1 saturated carbocycles. The number of alkyl halides is 3. The molecular weight excluding hydrogens is 255 g/mol. The van der Waals surface area contributed by atoms with E-state index in [0.717, 1.165) is 32.4 Å². The zero-order chi connectivity index (χ0) is 13.9. The Morgan fingerprint density at radius 3 is 2.26 bits per heavy atom. The van der Waals surface area contributed by atoms with Crippen LogP contribution in [0.5, 0.6) is 0 Å². The highest BCUT2D eigenvalue weighted by atomic mass is 19.4. The minimum absolute atomic E-state index is 0.178. The molecule has 2 rings (SSSR count). The third kappa shape index (κ3) is 4.09. The summed E-state index contributed by atoms with van der Waals surface area (Å²) in [6.45, 7) is 2.04. The van der Waals surface area contributed by atoms with Gasteiger partial charge in [-0.3, -0.25) is 4.90 Å². The van der Waals surface area contributed by atoms with Crippen LogP contribution in [0.2, 0.25) is 0 Å². The molecule has 5 heteroatoms. The van der Waals surface area contributed by atoms with E-state index in [1.807, 2.05) is 0 Å². The van der Waals surface area contributed by atoms with Crippen LogP contribution in [0.25, 0.3) is 0 Å². The molecule has 112 valence electrons. The number of rotatable bonds is 3. The predicted octanol–water partition coefficient (Wildman–Crippen LogP) is 3.20. The summed E-state index contributed by atoms with van der Waals surface area (Å²) in [6.07, 6.45) is 1.24. The summed E-state index contributed by atoms with van der Waals surface area (Å²) in [4.78, 5) is 2.29. The molecule has 1 atom stereocenters. The molecule has 2 fully saturated rings. The molecule has 1 saturated heterocycles. The van der Waals surface area contributed by atoms with E-state index in [-0.39, 0.29) is 25.5 Å². The lowest BCUT2D eigenvalue weighted by molar-refractivity contribution is -0.184. The molecule has 0 amide bonds. The Kier molecular flexibility index (Phi) is 5.12. The molecule has 0 spiro atoms. The lowest BCUT2D eigenvalue weighted by atomic mass is 9.81. The van der Waals surface area contributed by atoms with Gasteiger partial charge in [0.1, 0.15) is 0 Å². The van der Waals surface area contributed by atoms with Crippen molar-refractivity contribution >= 4 is 0 Å². The maximum Gasteiger partial charge on any atom is 0.391 e. The lowest BCUT2D eigenvalue weighted by Crippen LogP contribution is -2.45. The average molecular weight is 279 g/mol. The number of halogens is 3. The zero-order valence-corrected chi connectivity index (χ0v) is 11.3. The fraction of sp³-hybridized carbons (Fsp3) is 1.00. The largest absolute Gasteiger partial charge is 0.395 e. The van der Waals surface area contributed by atoms with Crippen molar-refractivity contribution in [1.29, 1.82) is 0 Å². The molecule has 1 aliphatic heterocycles. The van der Waals surface area contributed by atoms with Crippen molar-refractivity contribution in [3.8, 4) is 0 Å². The van der Waals surface area contributed by atoms with Gasteiger partial charge in [0, 0.05) is 12.6 Å². The van der Waals surface area contributed by atoms with E-state index in [2.05, 4.69) is 4.90 Å². The van der Waals surface area contributed by atoms with Crippen LogP contribution >= 0.6 is 0 Å². The Labute approximate surface area is 113 Å². The number of aliphatic hydroxyl groups is 1. The fourth-order valence-corrected chi connectivity index (χ4v) is 3.51. The molecule has 0 aromatic carbocycles. The Morgan fingerprint density at radius 1 is 1.00 bits per heavy atom. The molecule has 1 N–H and O–H groups in total. The van der Waals surface area contributed by atoms with Crippen molar-refractivity contribution in [3.05, 3.63) is 0 Å². The number of nitrogens with zero attached hydrogens (tertiary/aromatic N) is 1. The molecule has 0 unspecified atom stereocenters. The van der Waals surface area contributed by atoms with E-state index in [0.29, 0.717) is 18.8 Å². The van der Waals surface area contributed by atoms with Crippen LogP contribution in [0.1, 0.15) is 44.9 Å². The van der Waals surface area contributed by atoms with Crippen LogP contribution in [0.15, 0.2) is 0 Å². The van der Waals surface area contributed by atoms with Crippen molar-refractivity contribution in [2.45, 2.75) is 57.2 Å². The Morgan fingerprint density at radius 2 is 1.68 bits per heavy atom. The smallest absolute Gasteiger partial charge is 0.391 e. The van der Waals surface area contributed by atoms with Gasteiger partial charge in [0.25, 0.3) is 0 Å². The Bertz CT molecular complexity index is 274. The molecule has 2 aliphatic rings. The van der Waals surface area contributed by atoms with Gasteiger partial charge in [-0.15, -0.1) is 0 Å². The monoisotopic (exact) mass is 279 g/mol. The molecule has 19 heavy (non-hydrogen) atoms. The molecule has 2 nitrogen and oxygen atoms in total. The van der Waals surface area contributed by atoms with E-state index in [1.165, 1.54) is 0 Å². The predicted molar refractivity (Wildman–Crippen MR) is 67.8 cm³/mol. The Balaban J connectivity index is 1.78. The van der Waals surface area contributed by atoms with Gasteiger partial charge in [0.15, 0.2) is 0 Å². The third-order valence-corrected chi connectivity index (χ3v) is 4.76. The van der Waals surface area contributed by atoms with E-state index < -0.39 is 12.1 Å². The summed E-state index contributed by atoms with van der Waals surface area (Å²) in [6, 6.07) is 0.231. The van der Waals surface area contributed by atoms with Crippen LogP contribution in [0.3, 0.4) is 0 Å². The van der Waals surface area contributed by atoms with E-state index >= 15 is 0 Å². The molecule has 0 bridgehead atoms. The summed E-state index contributed by atoms with van der Waals surface area (Å²) in [5.41, 5.74) is 0. The number of hydrogen-bond donors (Lipinski definition) is 1. The summed E-state index contributed by atoms with van der Waals surface area (Å²) < 4.78 is 37.8. The standard InChI is InChI=1S/C14H24F3NO/c15-14(16,17)12-6-4-11(5-7-12)9-18-8-2-1-3-13(18)10-19/h11-13,19H,1-10H2/t11-,12+,13-/m0/s1. The summed E-state index contributed by atoms with van der Waals surface area (Å²) in [7, 11) is 0. The SMILES string of the molecule is OC[C@@H]1CCCCN1C[C@H]1CC[C@@H](C(F)(F)F)CC1. The van der Waals surface area contributed by atoms with Crippen LogP contribution in [-0.2, 0) is 0 Å². The quantitative estimate of drug-likeness (QED) is 0.857. The number of likely N-dealkylation sites (tertiary alicyclic amines) is 1. The fourth-order valence-electron chi connectivity index (χ4n) is 3.51. The minimum atomic E-state index is -4.01. The first-order valence-corrected chi connectivity index (χ1v) is 7.42. The van der Waals surface area contributed by atoms with Crippen molar-refractivity contribution in [1.82, 2.24) is 4.90 Å². The van der Waals surface area contributed by atoms with Gasteiger partial charge >= 0.3 is 6.18 Å². The highest BCUT2D eigenvalue weighted by molar-refractivity contribution is 4.82. The third-order valence-electron chi connectivity index (χ3n) is 4.76. The van der Waals surface area contributed by atoms with E-state index in [9.17, 15) is 18.3 Å². The first-order valence-electron chi connectivity index (χ1n) is 7.42. The zero-order valence-electron chi connectivity index (χ0n) is 11.3. The number of hydrogen-bond acceptors (Lipinski definition) is 2. The van der Waals surface area contributed by atoms with Crippen LogP contribution in [0, 0.1) is 11.8 Å². The van der Waals surface area contributed by atoms with Crippen molar-refractivity contribution < 1.29 is 18.3 Å². The molecule has 1 heterocycles. The van der Waals surface area contributed by atoms with Gasteiger partial charge < -0.3 is 5.11 Å². The van der Waals surface area contributed by atoms with Gasteiger partial charge in [-0.25, -0.2) is 0 Å². The van der Waals surface area contributed by atoms with Crippen molar-refractivity contribution in [2.24, 2.45) is 11.8 Å². The lowest BCUT2D eigenvalue weighted by Gasteiger charge is -2.39. The minimum Gasteiger partial charge on any atom is -0.395 e. The van der Waals surface area contributed by atoms with E-state index in [1.54, 1.807) is 0 Å². The van der Waals surface area contributed by atoms with Crippen LogP contribution in [0.4, 0.5) is 13.2 Å². The number of aliphatic hydroxyl groups excluding tert-OH is 1. The van der Waals surface area contributed by atoms with Gasteiger partial charge in [0.2, 0.25) is 0 Å². The normalized spacial score (nSPS) is 34.4. The highest BCUT2D eigenvalue weighted by Gasteiger charge is 2.41. The van der Waals surface area contributed by atoms with Gasteiger partial charge in [-0.1, -0.05) is 6.42 Å². The number of piperidine rings is 1. The van der Waals surface area contributed by atoms with Crippen molar-refractivity contribution in [3.63, 3.8) is 0 Å². The molecular formula is C14H24F3NO. The first kappa shape index (κ1) is 15.1. The van der Waals surface area contributed by atoms with Crippen LogP contribution < -0.4 is 0 Å². The summed E-state index contributed by atoms with van der Waals surface area (Å²) in [5.74, 6) is -0.704. The van der Waals surface area contributed by atoms with E-state index in [4.69, 9.17) is 0 Å². The van der Waals surface area contributed by atoms with Crippen LogP contribution in [-0.4, -0.2) is 41.9 Å². The molecule has 0 radical (unpaired) electrons. The second-order valence-electron chi connectivity index (χ2n) is 6.09. The van der Waals surface area contributed by atoms with Gasteiger partial charge in [-0.05, 0) is 51.0 Å². The van der Waals surface area contributed by atoms with Gasteiger partial charge in [-0.2, -0.15) is 13.2 Å². The molecule has 1 aliphatic carbocycles. The summed E-state index contributed by atoms with van der Waals surface area (Å²) >= 11 is 0. The second-order valence-corrected chi connectivity index (χ2v) is 6.09. The maximum atomic E-state index is 12.6. The summed E-state index contributed by atoms with van der Waals surface area (Å²) in [5, 5.41) is 9.35. The maximum absolute atomic E-state index is 12.6. The highest BCUT2D eigenvalue weighted by Crippen LogP contribution is 2.40. The van der Waals surface area contributed by atoms with Crippen molar-refractivity contribution in [2.75, 3.05) is 19.7 Å².